The molecule has 100 valence electrons. The number of piperidine rings is 1. The molecule has 1 saturated heterocycles. The van der Waals surface area contributed by atoms with Crippen molar-refractivity contribution in [2.45, 2.75) is 25.7 Å². The number of hydrogen-bond acceptors (Lipinski definition) is 3. The first-order valence-corrected chi connectivity index (χ1v) is 6.69. The smallest absolute Gasteiger partial charge is 0.160 e. The van der Waals surface area contributed by atoms with E-state index in [1.807, 2.05) is 6.07 Å². The first kappa shape index (κ1) is 13.2. The third kappa shape index (κ3) is 2.78. The van der Waals surface area contributed by atoms with Gasteiger partial charge in [0.25, 0.3) is 0 Å². The summed E-state index contributed by atoms with van der Waals surface area (Å²) in [5.41, 5.74) is 1.33. The molecule has 0 saturated carbocycles. The maximum absolute atomic E-state index is 5.37. The van der Waals surface area contributed by atoms with E-state index in [2.05, 4.69) is 24.4 Å². The molecule has 3 nitrogen and oxygen atoms in total. The van der Waals surface area contributed by atoms with Crippen molar-refractivity contribution >= 4 is 0 Å². The molecule has 1 aliphatic heterocycles. The Bertz CT molecular complexity index is 386. The van der Waals surface area contributed by atoms with Gasteiger partial charge in [0.05, 0.1) is 14.2 Å². The Balaban J connectivity index is 2.16. The molecular formula is C15H23NO2. The van der Waals surface area contributed by atoms with Crippen LogP contribution in [0.3, 0.4) is 0 Å². The minimum absolute atomic E-state index is 0.553. The van der Waals surface area contributed by atoms with Crippen LogP contribution in [0, 0.1) is 5.92 Å². The van der Waals surface area contributed by atoms with E-state index in [4.69, 9.17) is 9.47 Å². The van der Waals surface area contributed by atoms with Crippen LogP contribution in [0.1, 0.15) is 31.2 Å². The quantitative estimate of drug-likeness (QED) is 0.890. The average molecular weight is 249 g/mol. The molecule has 1 aliphatic rings. The SMILES string of the molecule is COc1ccc(C(C)C2CCCNC2)cc1OC. The molecule has 2 rings (SSSR count). The van der Waals surface area contributed by atoms with Crippen LogP contribution in [0.15, 0.2) is 18.2 Å². The van der Waals surface area contributed by atoms with Gasteiger partial charge < -0.3 is 14.8 Å². The topological polar surface area (TPSA) is 30.5 Å². The number of ether oxygens (including phenoxy) is 2. The van der Waals surface area contributed by atoms with Crippen molar-refractivity contribution in [2.75, 3.05) is 27.3 Å². The zero-order valence-corrected chi connectivity index (χ0v) is 11.5. The molecule has 1 N–H and O–H groups in total. The lowest BCUT2D eigenvalue weighted by molar-refractivity contribution is 0.331. The van der Waals surface area contributed by atoms with Crippen LogP contribution in [0.5, 0.6) is 11.5 Å². The van der Waals surface area contributed by atoms with Gasteiger partial charge in [-0.3, -0.25) is 0 Å². The minimum Gasteiger partial charge on any atom is -0.493 e. The summed E-state index contributed by atoms with van der Waals surface area (Å²) in [4.78, 5) is 0. The monoisotopic (exact) mass is 249 g/mol. The molecule has 1 fully saturated rings. The Hall–Kier alpha value is -1.22. The van der Waals surface area contributed by atoms with Crippen LogP contribution in [-0.4, -0.2) is 27.3 Å². The van der Waals surface area contributed by atoms with Crippen LogP contribution in [0.4, 0.5) is 0 Å². The van der Waals surface area contributed by atoms with Crippen LogP contribution in [0.2, 0.25) is 0 Å². The van der Waals surface area contributed by atoms with Crippen LogP contribution in [-0.2, 0) is 0 Å². The van der Waals surface area contributed by atoms with Crippen molar-refractivity contribution in [1.29, 1.82) is 0 Å². The zero-order chi connectivity index (χ0) is 13.0. The van der Waals surface area contributed by atoms with Gasteiger partial charge in [0.1, 0.15) is 0 Å². The van der Waals surface area contributed by atoms with Crippen LogP contribution < -0.4 is 14.8 Å². The van der Waals surface area contributed by atoms with Gasteiger partial charge in [-0.05, 0) is 55.5 Å². The highest BCUT2D eigenvalue weighted by Crippen LogP contribution is 2.34. The van der Waals surface area contributed by atoms with Crippen LogP contribution in [0.25, 0.3) is 0 Å². The van der Waals surface area contributed by atoms with Crippen molar-refractivity contribution < 1.29 is 9.47 Å². The van der Waals surface area contributed by atoms with Crippen molar-refractivity contribution in [3.05, 3.63) is 23.8 Å². The van der Waals surface area contributed by atoms with Gasteiger partial charge in [-0.15, -0.1) is 0 Å². The molecule has 1 aromatic rings. The molecule has 0 aromatic heterocycles. The Morgan fingerprint density at radius 2 is 2.00 bits per heavy atom. The third-order valence-corrected chi connectivity index (χ3v) is 3.98. The fourth-order valence-electron chi connectivity index (χ4n) is 2.71. The first-order chi connectivity index (χ1) is 8.76. The molecule has 0 spiro atoms. The second-order valence-corrected chi connectivity index (χ2v) is 5.01. The summed E-state index contributed by atoms with van der Waals surface area (Å²) in [7, 11) is 3.36. The summed E-state index contributed by atoms with van der Waals surface area (Å²) < 4.78 is 10.7. The highest BCUT2D eigenvalue weighted by molar-refractivity contribution is 5.44. The molecule has 18 heavy (non-hydrogen) atoms. The summed E-state index contributed by atoms with van der Waals surface area (Å²) in [6, 6.07) is 6.26. The van der Waals surface area contributed by atoms with Crippen LogP contribution >= 0.6 is 0 Å². The van der Waals surface area contributed by atoms with E-state index in [-0.39, 0.29) is 0 Å². The molecule has 3 heteroatoms. The summed E-state index contributed by atoms with van der Waals surface area (Å²) in [5.74, 6) is 2.90. The normalized spacial score (nSPS) is 21.4. The molecule has 1 heterocycles. The molecule has 0 bridgehead atoms. The van der Waals surface area contributed by atoms with E-state index in [0.29, 0.717) is 5.92 Å². The van der Waals surface area contributed by atoms with Crippen molar-refractivity contribution in [3.63, 3.8) is 0 Å². The fraction of sp³-hybridized carbons (Fsp3) is 0.600. The molecule has 0 radical (unpaired) electrons. The highest BCUT2D eigenvalue weighted by atomic mass is 16.5. The van der Waals surface area contributed by atoms with Gasteiger partial charge in [0.2, 0.25) is 0 Å². The lowest BCUT2D eigenvalue weighted by Gasteiger charge is -2.29. The number of benzene rings is 1. The number of hydrogen-bond donors (Lipinski definition) is 1. The summed E-state index contributed by atoms with van der Waals surface area (Å²) >= 11 is 0. The second kappa shape index (κ2) is 6.10. The predicted molar refractivity (Wildman–Crippen MR) is 73.6 cm³/mol. The van der Waals surface area contributed by atoms with Gasteiger partial charge in [-0.1, -0.05) is 13.0 Å². The number of nitrogens with one attached hydrogen (secondary N) is 1. The predicted octanol–water partition coefficient (Wildman–Crippen LogP) is 2.81. The van der Waals surface area contributed by atoms with Gasteiger partial charge in [-0.2, -0.15) is 0 Å². The Morgan fingerprint density at radius 1 is 1.22 bits per heavy atom. The Kier molecular flexibility index (Phi) is 4.48. The van der Waals surface area contributed by atoms with E-state index in [1.165, 1.54) is 18.4 Å². The Labute approximate surface area is 109 Å². The highest BCUT2D eigenvalue weighted by Gasteiger charge is 2.22. The minimum atomic E-state index is 0.553. The van der Waals surface area contributed by atoms with E-state index in [0.717, 1.165) is 30.5 Å². The van der Waals surface area contributed by atoms with E-state index in [9.17, 15) is 0 Å². The summed E-state index contributed by atoms with van der Waals surface area (Å²) in [6.07, 6.45) is 2.59. The molecule has 2 unspecified atom stereocenters. The number of methoxy groups -OCH3 is 2. The van der Waals surface area contributed by atoms with Gasteiger partial charge in [0.15, 0.2) is 11.5 Å². The molecule has 0 amide bonds. The standard InChI is InChI=1S/C15H23NO2/c1-11(13-5-4-8-16-10-13)12-6-7-14(17-2)15(9-12)18-3/h6-7,9,11,13,16H,4-5,8,10H2,1-3H3. The molecule has 0 aliphatic carbocycles. The maximum Gasteiger partial charge on any atom is 0.160 e. The summed E-state index contributed by atoms with van der Waals surface area (Å²) in [6.45, 7) is 4.59. The van der Waals surface area contributed by atoms with Crippen molar-refractivity contribution in [2.24, 2.45) is 5.92 Å². The largest absolute Gasteiger partial charge is 0.493 e. The van der Waals surface area contributed by atoms with Crippen molar-refractivity contribution in [3.8, 4) is 11.5 Å². The Morgan fingerprint density at radius 3 is 2.61 bits per heavy atom. The molecule has 1 aromatic carbocycles. The van der Waals surface area contributed by atoms with E-state index >= 15 is 0 Å². The van der Waals surface area contributed by atoms with Gasteiger partial charge in [0, 0.05) is 0 Å². The summed E-state index contributed by atoms with van der Waals surface area (Å²) in [5, 5.41) is 3.48. The van der Waals surface area contributed by atoms with Crippen molar-refractivity contribution in [1.82, 2.24) is 5.32 Å². The maximum atomic E-state index is 5.37. The fourth-order valence-corrected chi connectivity index (χ4v) is 2.71. The zero-order valence-electron chi connectivity index (χ0n) is 11.5. The van der Waals surface area contributed by atoms with E-state index in [1.54, 1.807) is 14.2 Å². The van der Waals surface area contributed by atoms with E-state index < -0.39 is 0 Å². The second-order valence-electron chi connectivity index (χ2n) is 5.01. The van der Waals surface area contributed by atoms with Gasteiger partial charge in [-0.25, -0.2) is 0 Å². The molecule has 2 atom stereocenters. The lowest BCUT2D eigenvalue weighted by Crippen LogP contribution is -2.32. The molecular weight excluding hydrogens is 226 g/mol. The average Bonchev–Trinajstić information content (AvgIpc) is 2.46. The van der Waals surface area contributed by atoms with Gasteiger partial charge >= 0.3 is 0 Å². The lowest BCUT2D eigenvalue weighted by atomic mass is 9.83. The first-order valence-electron chi connectivity index (χ1n) is 6.69. The number of rotatable bonds is 4. The third-order valence-electron chi connectivity index (χ3n) is 3.98.